The fourth-order valence-electron chi connectivity index (χ4n) is 3.97. The van der Waals surface area contributed by atoms with E-state index in [-0.39, 0.29) is 17.8 Å². The van der Waals surface area contributed by atoms with Gasteiger partial charge in [-0.25, -0.2) is 8.78 Å². The second kappa shape index (κ2) is 9.07. The average molecular weight is 449 g/mol. The molecule has 10 heteroatoms. The lowest BCUT2D eigenvalue weighted by molar-refractivity contribution is -0.141. The third kappa shape index (κ3) is 4.36. The number of amides is 2. The molecule has 1 aromatic carbocycles. The number of likely N-dealkylation sites (N-methyl/N-ethyl adjacent to an activating group) is 2. The Labute approximate surface area is 184 Å². The number of allylic oxidation sites excluding steroid dienone is 1. The summed E-state index contributed by atoms with van der Waals surface area (Å²) in [4.78, 5) is 40.8. The Hall–Kier alpha value is -3.27. The van der Waals surface area contributed by atoms with Gasteiger partial charge in [0.25, 0.3) is 11.8 Å². The van der Waals surface area contributed by atoms with Crippen LogP contribution in [0.3, 0.4) is 0 Å². The molecule has 1 spiro atoms. The smallest absolute Gasteiger partial charge is 0.273 e. The van der Waals surface area contributed by atoms with Gasteiger partial charge in [-0.2, -0.15) is 0 Å². The number of rotatable bonds is 5. The van der Waals surface area contributed by atoms with Gasteiger partial charge < -0.3 is 25.0 Å². The fourth-order valence-corrected chi connectivity index (χ4v) is 3.97. The maximum Gasteiger partial charge on any atom is 0.273 e. The first-order valence-electron chi connectivity index (χ1n) is 10.0. The SMILES string of the molecule is C=C(C(=O)NCc1ccc(F)cc1F)C(=O)/C(O)=C1/C(=O)N(C)CC2(CCCOC2)N1C. The lowest BCUT2D eigenvalue weighted by Gasteiger charge is -2.51. The molecule has 1 unspecified atom stereocenters. The van der Waals surface area contributed by atoms with Crippen molar-refractivity contribution in [3.8, 4) is 0 Å². The van der Waals surface area contributed by atoms with Crippen molar-refractivity contribution in [1.29, 1.82) is 0 Å². The minimum Gasteiger partial charge on any atom is -0.503 e. The van der Waals surface area contributed by atoms with E-state index in [4.69, 9.17) is 4.74 Å². The number of halogens is 2. The number of hydrogen-bond acceptors (Lipinski definition) is 6. The van der Waals surface area contributed by atoms with Crippen LogP contribution in [0.25, 0.3) is 0 Å². The highest BCUT2D eigenvalue weighted by Gasteiger charge is 2.47. The molecule has 172 valence electrons. The molecule has 32 heavy (non-hydrogen) atoms. The van der Waals surface area contributed by atoms with Crippen LogP contribution in [0.1, 0.15) is 18.4 Å². The molecule has 0 radical (unpaired) electrons. The standard InChI is InChI=1S/C22H25F2N3O5/c1-13(20(30)25-10-14-5-6-15(23)9-16(14)24)18(28)19(29)17-21(31)26(2)11-22(27(17)3)7-4-8-32-12-22/h5-6,9,29H,1,4,7-8,10-12H2,2-3H3,(H,25,30)/b19-17+. The van der Waals surface area contributed by atoms with Gasteiger partial charge in [-0.15, -0.1) is 0 Å². The van der Waals surface area contributed by atoms with Gasteiger partial charge in [0.15, 0.2) is 5.76 Å². The van der Waals surface area contributed by atoms with Crippen LogP contribution in [0.5, 0.6) is 0 Å². The van der Waals surface area contributed by atoms with Gasteiger partial charge in [0.05, 0.1) is 17.7 Å². The number of piperazine rings is 1. The van der Waals surface area contributed by atoms with E-state index in [1.54, 1.807) is 19.0 Å². The number of ether oxygens (including phenoxy) is 1. The van der Waals surface area contributed by atoms with E-state index >= 15 is 0 Å². The molecule has 0 saturated carbocycles. The van der Waals surface area contributed by atoms with Crippen LogP contribution in [0.4, 0.5) is 8.78 Å². The lowest BCUT2D eigenvalue weighted by atomic mass is 9.86. The Kier molecular flexibility index (Phi) is 6.63. The number of benzene rings is 1. The number of ketones is 1. The quantitative estimate of drug-likeness (QED) is 0.305. The Balaban J connectivity index is 1.78. The van der Waals surface area contributed by atoms with Crippen LogP contribution in [0, 0.1) is 11.6 Å². The molecular formula is C22H25F2N3O5. The minimum atomic E-state index is -1.13. The first kappa shape index (κ1) is 23.4. The van der Waals surface area contributed by atoms with Crippen molar-refractivity contribution in [3.63, 3.8) is 0 Å². The first-order valence-corrected chi connectivity index (χ1v) is 10.0. The number of nitrogens with zero attached hydrogens (tertiary/aromatic N) is 2. The van der Waals surface area contributed by atoms with Crippen molar-refractivity contribution in [3.05, 3.63) is 59.0 Å². The average Bonchev–Trinajstić information content (AvgIpc) is 2.76. The zero-order chi connectivity index (χ0) is 23.6. The molecular weight excluding hydrogens is 424 g/mol. The molecule has 2 amide bonds. The van der Waals surface area contributed by atoms with E-state index in [0.717, 1.165) is 18.6 Å². The van der Waals surface area contributed by atoms with Crippen molar-refractivity contribution in [2.45, 2.75) is 24.9 Å². The molecule has 3 rings (SSSR count). The molecule has 1 aromatic rings. The van der Waals surface area contributed by atoms with Gasteiger partial charge in [-0.3, -0.25) is 14.4 Å². The predicted octanol–water partition coefficient (Wildman–Crippen LogP) is 1.43. The highest BCUT2D eigenvalue weighted by atomic mass is 19.1. The summed E-state index contributed by atoms with van der Waals surface area (Å²) < 4.78 is 32.3. The second-order valence-corrected chi connectivity index (χ2v) is 8.02. The Morgan fingerprint density at radius 3 is 2.66 bits per heavy atom. The number of aliphatic hydroxyl groups is 1. The van der Waals surface area contributed by atoms with E-state index < -0.39 is 46.1 Å². The summed E-state index contributed by atoms with van der Waals surface area (Å²) in [6.45, 7) is 4.35. The Morgan fingerprint density at radius 1 is 1.31 bits per heavy atom. The molecule has 0 aliphatic carbocycles. The van der Waals surface area contributed by atoms with Gasteiger partial charge in [-0.1, -0.05) is 12.6 Å². The zero-order valence-electron chi connectivity index (χ0n) is 17.9. The van der Waals surface area contributed by atoms with E-state index in [0.29, 0.717) is 32.2 Å². The van der Waals surface area contributed by atoms with Crippen molar-refractivity contribution < 1.29 is 33.0 Å². The molecule has 8 nitrogen and oxygen atoms in total. The zero-order valence-corrected chi connectivity index (χ0v) is 17.9. The monoisotopic (exact) mass is 449 g/mol. The Morgan fingerprint density at radius 2 is 2.03 bits per heavy atom. The summed E-state index contributed by atoms with van der Waals surface area (Å²) in [5.74, 6) is -5.18. The van der Waals surface area contributed by atoms with Crippen LogP contribution in [-0.4, -0.2) is 71.9 Å². The number of aliphatic hydroxyl groups excluding tert-OH is 1. The van der Waals surface area contributed by atoms with E-state index in [1.165, 1.54) is 4.90 Å². The van der Waals surface area contributed by atoms with Crippen molar-refractivity contribution in [2.75, 3.05) is 33.9 Å². The van der Waals surface area contributed by atoms with Crippen LogP contribution >= 0.6 is 0 Å². The van der Waals surface area contributed by atoms with Crippen LogP contribution in [-0.2, 0) is 25.7 Å². The third-order valence-electron chi connectivity index (χ3n) is 5.87. The van der Waals surface area contributed by atoms with Gasteiger partial charge >= 0.3 is 0 Å². The molecule has 2 N–H and O–H groups in total. The third-order valence-corrected chi connectivity index (χ3v) is 5.87. The van der Waals surface area contributed by atoms with Crippen LogP contribution < -0.4 is 5.32 Å². The topological polar surface area (TPSA) is 99.2 Å². The highest BCUT2D eigenvalue weighted by molar-refractivity contribution is 6.25. The van der Waals surface area contributed by atoms with Gasteiger partial charge in [0.2, 0.25) is 5.78 Å². The first-order chi connectivity index (χ1) is 15.1. The largest absolute Gasteiger partial charge is 0.503 e. The number of nitrogens with one attached hydrogen (secondary N) is 1. The van der Waals surface area contributed by atoms with Gasteiger partial charge in [0.1, 0.15) is 17.3 Å². The number of Topliss-reactive ketones (excluding diaryl/α,β-unsaturated/α-hetero) is 1. The molecule has 1 atom stereocenters. The minimum absolute atomic E-state index is 0.00522. The van der Waals surface area contributed by atoms with Crippen molar-refractivity contribution >= 4 is 17.6 Å². The Bertz CT molecular complexity index is 1000. The summed E-state index contributed by atoms with van der Waals surface area (Å²) in [6, 6.07) is 2.86. The number of hydrogen-bond donors (Lipinski definition) is 2. The molecule has 0 bridgehead atoms. The van der Waals surface area contributed by atoms with E-state index in [1.807, 2.05) is 0 Å². The summed E-state index contributed by atoms with van der Waals surface area (Å²) in [7, 11) is 3.15. The maximum atomic E-state index is 13.7. The normalized spacial score (nSPS) is 22.7. The number of carbonyl (C=O) groups is 3. The summed E-state index contributed by atoms with van der Waals surface area (Å²) >= 11 is 0. The van der Waals surface area contributed by atoms with Crippen LogP contribution in [0.15, 0.2) is 41.8 Å². The van der Waals surface area contributed by atoms with Crippen LogP contribution in [0.2, 0.25) is 0 Å². The summed E-state index contributed by atoms with van der Waals surface area (Å²) in [5, 5.41) is 13.0. The van der Waals surface area contributed by atoms with Gasteiger partial charge in [-0.05, 0) is 18.9 Å². The highest BCUT2D eigenvalue weighted by Crippen LogP contribution is 2.34. The van der Waals surface area contributed by atoms with E-state index in [9.17, 15) is 28.3 Å². The molecule has 2 fully saturated rings. The lowest BCUT2D eigenvalue weighted by Crippen LogP contribution is -2.64. The summed E-state index contributed by atoms with van der Waals surface area (Å²) in [5.41, 5.74) is -1.46. The molecule has 2 saturated heterocycles. The van der Waals surface area contributed by atoms with Crippen molar-refractivity contribution in [1.82, 2.24) is 15.1 Å². The van der Waals surface area contributed by atoms with E-state index in [2.05, 4.69) is 11.9 Å². The molecule has 2 aliphatic rings. The second-order valence-electron chi connectivity index (χ2n) is 8.02. The number of carbonyl (C=O) groups excluding carboxylic acids is 3. The molecule has 0 aromatic heterocycles. The van der Waals surface area contributed by atoms with Crippen molar-refractivity contribution in [2.24, 2.45) is 0 Å². The maximum absolute atomic E-state index is 13.7. The van der Waals surface area contributed by atoms with Gasteiger partial charge in [0, 0.05) is 45.4 Å². The summed E-state index contributed by atoms with van der Waals surface area (Å²) in [6.07, 6.45) is 1.44. The molecule has 2 aliphatic heterocycles. The predicted molar refractivity (Wildman–Crippen MR) is 110 cm³/mol. The molecule has 2 heterocycles. The fraction of sp³-hybridized carbons (Fsp3) is 0.409.